The van der Waals surface area contributed by atoms with Gasteiger partial charge in [-0.25, -0.2) is 4.79 Å². The van der Waals surface area contributed by atoms with Gasteiger partial charge in [-0.1, -0.05) is 12.1 Å². The fraction of sp³-hybridized carbons (Fsp3) is 0. The fourth-order valence-electron chi connectivity index (χ4n) is 1.82. The van der Waals surface area contributed by atoms with Gasteiger partial charge < -0.3 is 20.4 Å². The molecule has 2 aromatic rings. The summed E-state index contributed by atoms with van der Waals surface area (Å²) >= 11 is 0. The van der Waals surface area contributed by atoms with Gasteiger partial charge in [-0.3, -0.25) is 4.79 Å². The highest BCUT2D eigenvalue weighted by Gasteiger charge is 2.11. The van der Waals surface area contributed by atoms with Gasteiger partial charge in [0, 0.05) is 6.07 Å². The van der Waals surface area contributed by atoms with Crippen LogP contribution in [0.15, 0.2) is 42.5 Å². The van der Waals surface area contributed by atoms with E-state index < -0.39 is 11.8 Å². The van der Waals surface area contributed by atoms with Crippen molar-refractivity contribution in [2.75, 3.05) is 0 Å². The third-order valence-electron chi connectivity index (χ3n) is 2.92. The van der Waals surface area contributed by atoms with E-state index in [1.54, 1.807) is 0 Å². The summed E-state index contributed by atoms with van der Waals surface area (Å²) in [6, 6.07) is 7.47. The lowest BCUT2D eigenvalue weighted by atomic mass is 10.1. The van der Waals surface area contributed by atoms with E-state index in [0.717, 1.165) is 12.1 Å². The number of carboxylic acids is 1. The molecule has 4 N–H and O–H groups in total. The Kier molecular flexibility index (Phi) is 4.13. The van der Waals surface area contributed by atoms with E-state index in [4.69, 9.17) is 10.2 Å². The van der Waals surface area contributed by atoms with Gasteiger partial charge in [-0.2, -0.15) is 0 Å². The molecule has 0 heterocycles. The molecule has 0 spiro atoms. The molecule has 2 rings (SSSR count). The van der Waals surface area contributed by atoms with Crippen LogP contribution in [0.5, 0.6) is 17.2 Å². The second-order valence-electron chi connectivity index (χ2n) is 4.48. The molecule has 0 radical (unpaired) electrons. The van der Waals surface area contributed by atoms with Crippen molar-refractivity contribution in [1.29, 1.82) is 0 Å². The molecule has 0 aliphatic rings. The summed E-state index contributed by atoms with van der Waals surface area (Å²) in [4.78, 5) is 22.8. The lowest BCUT2D eigenvalue weighted by Gasteiger charge is -2.02. The normalized spacial score (nSPS) is 10.7. The van der Waals surface area contributed by atoms with Gasteiger partial charge in [0.05, 0.1) is 5.56 Å². The van der Waals surface area contributed by atoms with Crippen molar-refractivity contribution in [3.05, 3.63) is 59.2 Å². The molecule has 0 aliphatic carbocycles. The SMILES string of the molecule is O=C(O)c1cc(/C=C/C(=O)c2ccc(O)cc2O)ccc1O. The highest BCUT2D eigenvalue weighted by molar-refractivity contribution is 6.08. The first-order valence-electron chi connectivity index (χ1n) is 6.19. The number of hydrogen-bond donors (Lipinski definition) is 4. The maximum absolute atomic E-state index is 11.9. The molecule has 0 saturated carbocycles. The number of aromatic hydroxyl groups is 3. The van der Waals surface area contributed by atoms with E-state index in [0.29, 0.717) is 5.56 Å². The molecule has 0 fully saturated rings. The van der Waals surface area contributed by atoms with Crippen LogP contribution in [0.3, 0.4) is 0 Å². The topological polar surface area (TPSA) is 115 Å². The summed E-state index contributed by atoms with van der Waals surface area (Å²) in [6.45, 7) is 0. The number of rotatable bonds is 4. The van der Waals surface area contributed by atoms with Crippen molar-refractivity contribution < 1.29 is 30.0 Å². The largest absolute Gasteiger partial charge is 0.508 e. The molecule has 0 unspecified atom stereocenters. The molecule has 6 nitrogen and oxygen atoms in total. The average molecular weight is 300 g/mol. The molecule has 22 heavy (non-hydrogen) atoms. The maximum Gasteiger partial charge on any atom is 0.339 e. The number of hydrogen-bond acceptors (Lipinski definition) is 5. The van der Waals surface area contributed by atoms with E-state index in [1.807, 2.05) is 0 Å². The Bertz CT molecular complexity index is 776. The Morgan fingerprint density at radius 3 is 2.23 bits per heavy atom. The summed E-state index contributed by atoms with van der Waals surface area (Å²) in [5.74, 6) is -2.68. The quantitative estimate of drug-likeness (QED) is 0.509. The minimum Gasteiger partial charge on any atom is -0.508 e. The molecular formula is C16H12O6. The van der Waals surface area contributed by atoms with Crippen molar-refractivity contribution in [2.24, 2.45) is 0 Å². The Morgan fingerprint density at radius 1 is 0.864 bits per heavy atom. The Morgan fingerprint density at radius 2 is 1.59 bits per heavy atom. The lowest BCUT2D eigenvalue weighted by molar-refractivity contribution is 0.0693. The molecular weight excluding hydrogens is 288 g/mol. The smallest absolute Gasteiger partial charge is 0.339 e. The molecule has 0 saturated heterocycles. The Labute approximate surface area is 125 Å². The number of ketones is 1. The van der Waals surface area contributed by atoms with E-state index in [-0.39, 0.29) is 28.4 Å². The zero-order valence-corrected chi connectivity index (χ0v) is 11.2. The van der Waals surface area contributed by atoms with Crippen LogP contribution in [0.4, 0.5) is 0 Å². The van der Waals surface area contributed by atoms with Gasteiger partial charge in [0.25, 0.3) is 0 Å². The van der Waals surface area contributed by atoms with Crippen LogP contribution >= 0.6 is 0 Å². The number of aromatic carboxylic acids is 1. The monoisotopic (exact) mass is 300 g/mol. The summed E-state index contributed by atoms with van der Waals surface area (Å²) in [5, 5.41) is 37.0. The van der Waals surface area contributed by atoms with E-state index in [1.165, 1.54) is 36.4 Å². The minimum absolute atomic E-state index is 0.00582. The third kappa shape index (κ3) is 3.24. The minimum atomic E-state index is -1.28. The molecule has 2 aromatic carbocycles. The van der Waals surface area contributed by atoms with Crippen LogP contribution in [-0.4, -0.2) is 32.2 Å². The van der Waals surface area contributed by atoms with Crippen molar-refractivity contribution >= 4 is 17.8 Å². The predicted molar refractivity (Wildman–Crippen MR) is 78.2 cm³/mol. The number of phenols is 3. The van der Waals surface area contributed by atoms with E-state index in [2.05, 4.69) is 0 Å². The van der Waals surface area contributed by atoms with Crippen LogP contribution in [0.25, 0.3) is 6.08 Å². The molecule has 0 aliphatic heterocycles. The highest BCUT2D eigenvalue weighted by Crippen LogP contribution is 2.24. The van der Waals surface area contributed by atoms with Crippen molar-refractivity contribution in [1.82, 2.24) is 0 Å². The number of benzene rings is 2. The molecule has 0 atom stereocenters. The third-order valence-corrected chi connectivity index (χ3v) is 2.92. The number of allylic oxidation sites excluding steroid dienone is 1. The van der Waals surface area contributed by atoms with E-state index >= 15 is 0 Å². The number of carbonyl (C=O) groups is 2. The van der Waals surface area contributed by atoms with Crippen LogP contribution < -0.4 is 0 Å². The predicted octanol–water partition coefficient (Wildman–Crippen LogP) is 2.40. The standard InChI is InChI=1S/C16H12O6/c17-10-3-4-11(15(20)8-10)13(18)5-1-9-2-6-14(19)12(7-9)16(21)22/h1-8,17,19-20H,(H,21,22)/b5-1+. The van der Waals surface area contributed by atoms with Crippen LogP contribution in [0.2, 0.25) is 0 Å². The van der Waals surface area contributed by atoms with Crippen molar-refractivity contribution in [2.45, 2.75) is 0 Å². The fourth-order valence-corrected chi connectivity index (χ4v) is 1.82. The maximum atomic E-state index is 11.9. The lowest BCUT2D eigenvalue weighted by Crippen LogP contribution is -1.97. The van der Waals surface area contributed by atoms with Crippen LogP contribution in [0, 0.1) is 0 Å². The van der Waals surface area contributed by atoms with Crippen molar-refractivity contribution in [3.63, 3.8) is 0 Å². The zero-order valence-electron chi connectivity index (χ0n) is 11.2. The molecule has 112 valence electrons. The average Bonchev–Trinajstić information content (AvgIpc) is 2.45. The molecule has 0 bridgehead atoms. The summed E-state index contributed by atoms with van der Waals surface area (Å²) in [5.41, 5.74) is 0.134. The first kappa shape index (κ1) is 15.1. The first-order valence-corrected chi connectivity index (χ1v) is 6.19. The summed E-state index contributed by atoms with van der Waals surface area (Å²) < 4.78 is 0. The Balaban J connectivity index is 2.26. The van der Waals surface area contributed by atoms with Gasteiger partial charge in [-0.05, 0) is 35.9 Å². The summed E-state index contributed by atoms with van der Waals surface area (Å²) in [6.07, 6.45) is 2.52. The molecule has 6 heteroatoms. The van der Waals surface area contributed by atoms with E-state index in [9.17, 15) is 19.8 Å². The van der Waals surface area contributed by atoms with Crippen LogP contribution in [-0.2, 0) is 0 Å². The van der Waals surface area contributed by atoms with Gasteiger partial charge in [0.2, 0.25) is 0 Å². The van der Waals surface area contributed by atoms with Crippen molar-refractivity contribution in [3.8, 4) is 17.2 Å². The van der Waals surface area contributed by atoms with Crippen LogP contribution in [0.1, 0.15) is 26.3 Å². The second kappa shape index (κ2) is 6.01. The van der Waals surface area contributed by atoms with Gasteiger partial charge in [0.1, 0.15) is 22.8 Å². The number of carbonyl (C=O) groups excluding carboxylic acids is 1. The van der Waals surface area contributed by atoms with Gasteiger partial charge in [0.15, 0.2) is 5.78 Å². The van der Waals surface area contributed by atoms with Gasteiger partial charge in [-0.15, -0.1) is 0 Å². The zero-order chi connectivity index (χ0) is 16.3. The van der Waals surface area contributed by atoms with Gasteiger partial charge >= 0.3 is 5.97 Å². The molecule has 0 aromatic heterocycles. The highest BCUT2D eigenvalue weighted by atomic mass is 16.4. The number of phenolic OH excluding ortho intramolecular Hbond substituents is 2. The molecule has 0 amide bonds. The Hall–Kier alpha value is -3.28. The summed E-state index contributed by atoms with van der Waals surface area (Å²) in [7, 11) is 0. The first-order chi connectivity index (χ1) is 10.4. The number of carboxylic acid groups (broad SMARTS) is 1. The second-order valence-corrected chi connectivity index (χ2v) is 4.48.